The van der Waals surface area contributed by atoms with E-state index < -0.39 is 12.0 Å². The first kappa shape index (κ1) is 17.9. The van der Waals surface area contributed by atoms with Crippen LogP contribution in [0.25, 0.3) is 0 Å². The molecule has 0 spiro atoms. The molecular formula is C17H22N2O5. The highest BCUT2D eigenvalue weighted by atomic mass is 16.5. The Bertz CT molecular complexity index is 612. The molecule has 0 unspecified atom stereocenters. The molecule has 1 heterocycles. The summed E-state index contributed by atoms with van der Waals surface area (Å²) < 4.78 is 10.3. The molecule has 1 aliphatic heterocycles. The van der Waals surface area contributed by atoms with Crippen molar-refractivity contribution in [2.45, 2.75) is 20.8 Å². The van der Waals surface area contributed by atoms with Crippen molar-refractivity contribution in [3.63, 3.8) is 0 Å². The van der Waals surface area contributed by atoms with Crippen LogP contribution in [0.2, 0.25) is 0 Å². The van der Waals surface area contributed by atoms with Crippen LogP contribution in [0.15, 0.2) is 24.3 Å². The molecule has 1 aromatic carbocycles. The van der Waals surface area contributed by atoms with Crippen LogP contribution in [0, 0.1) is 5.92 Å². The number of imide groups is 1. The van der Waals surface area contributed by atoms with E-state index in [-0.39, 0.29) is 19.2 Å². The Morgan fingerprint density at radius 1 is 1.21 bits per heavy atom. The minimum absolute atomic E-state index is 0.0391. The molecule has 0 atom stereocenters. The van der Waals surface area contributed by atoms with E-state index in [9.17, 15) is 14.4 Å². The molecule has 24 heavy (non-hydrogen) atoms. The summed E-state index contributed by atoms with van der Waals surface area (Å²) in [5, 5.41) is 0. The van der Waals surface area contributed by atoms with Gasteiger partial charge in [0.15, 0.2) is 0 Å². The van der Waals surface area contributed by atoms with E-state index in [0.29, 0.717) is 30.4 Å². The fourth-order valence-corrected chi connectivity index (χ4v) is 2.24. The van der Waals surface area contributed by atoms with Crippen molar-refractivity contribution >= 4 is 23.6 Å². The van der Waals surface area contributed by atoms with Gasteiger partial charge in [-0.05, 0) is 37.1 Å². The lowest BCUT2D eigenvalue weighted by Gasteiger charge is -2.18. The van der Waals surface area contributed by atoms with Crippen LogP contribution in [0.4, 0.5) is 10.5 Å². The smallest absolute Gasteiger partial charge is 0.338 e. The number of hydrogen-bond acceptors (Lipinski definition) is 5. The average Bonchev–Trinajstić information content (AvgIpc) is 2.83. The van der Waals surface area contributed by atoms with Crippen LogP contribution in [-0.2, 0) is 14.3 Å². The molecular weight excluding hydrogens is 312 g/mol. The SMILES string of the molecule is CCOC(=O)c1ccc(N2CC(=O)N(COCC(C)C)C2=O)cc1. The van der Waals surface area contributed by atoms with Gasteiger partial charge in [0.25, 0.3) is 5.91 Å². The monoisotopic (exact) mass is 334 g/mol. The summed E-state index contributed by atoms with van der Waals surface area (Å²) in [6.07, 6.45) is 0. The van der Waals surface area contributed by atoms with Crippen molar-refractivity contribution in [1.82, 2.24) is 4.90 Å². The second-order valence-electron chi connectivity index (χ2n) is 5.85. The molecule has 1 fully saturated rings. The summed E-state index contributed by atoms with van der Waals surface area (Å²) in [5.41, 5.74) is 0.948. The van der Waals surface area contributed by atoms with Crippen molar-refractivity contribution in [3.8, 4) is 0 Å². The summed E-state index contributed by atoms with van der Waals surface area (Å²) >= 11 is 0. The van der Waals surface area contributed by atoms with Crippen LogP contribution in [0.1, 0.15) is 31.1 Å². The number of carbonyl (C=O) groups is 3. The Hall–Kier alpha value is -2.41. The molecule has 130 valence electrons. The lowest BCUT2D eigenvalue weighted by Crippen LogP contribution is -2.35. The fraction of sp³-hybridized carbons (Fsp3) is 0.471. The van der Waals surface area contributed by atoms with Crippen molar-refractivity contribution in [1.29, 1.82) is 0 Å². The van der Waals surface area contributed by atoms with Gasteiger partial charge >= 0.3 is 12.0 Å². The van der Waals surface area contributed by atoms with Gasteiger partial charge in [0.2, 0.25) is 0 Å². The third-order valence-corrected chi connectivity index (χ3v) is 3.42. The van der Waals surface area contributed by atoms with Crippen LogP contribution in [-0.4, -0.2) is 49.3 Å². The van der Waals surface area contributed by atoms with Crippen LogP contribution in [0.5, 0.6) is 0 Å². The van der Waals surface area contributed by atoms with Crippen LogP contribution in [0.3, 0.4) is 0 Å². The number of ether oxygens (including phenoxy) is 2. The zero-order chi connectivity index (χ0) is 17.7. The van der Waals surface area contributed by atoms with Crippen molar-refractivity contribution in [2.24, 2.45) is 5.92 Å². The van der Waals surface area contributed by atoms with Gasteiger partial charge in [-0.25, -0.2) is 14.5 Å². The maximum Gasteiger partial charge on any atom is 0.338 e. The highest BCUT2D eigenvalue weighted by Gasteiger charge is 2.36. The fourth-order valence-electron chi connectivity index (χ4n) is 2.24. The van der Waals surface area contributed by atoms with Crippen molar-refractivity contribution in [2.75, 3.05) is 31.4 Å². The topological polar surface area (TPSA) is 76.2 Å². The van der Waals surface area contributed by atoms with E-state index in [1.165, 1.54) is 4.90 Å². The molecule has 0 bridgehead atoms. The van der Waals surface area contributed by atoms with Gasteiger partial charge in [0.05, 0.1) is 18.8 Å². The molecule has 7 heteroatoms. The number of urea groups is 1. The summed E-state index contributed by atoms with van der Waals surface area (Å²) in [5.74, 6) is -0.404. The number of rotatable bonds is 7. The maximum atomic E-state index is 12.4. The molecule has 1 aliphatic rings. The summed E-state index contributed by atoms with van der Waals surface area (Å²) in [4.78, 5) is 38.5. The minimum atomic E-state index is -0.423. The predicted octanol–water partition coefficient (Wildman–Crippen LogP) is 2.26. The average molecular weight is 334 g/mol. The summed E-state index contributed by atoms with van der Waals surface area (Å²) in [7, 11) is 0. The zero-order valence-corrected chi connectivity index (χ0v) is 14.2. The van der Waals surface area contributed by atoms with E-state index in [1.54, 1.807) is 31.2 Å². The van der Waals surface area contributed by atoms with E-state index in [2.05, 4.69) is 0 Å². The second kappa shape index (κ2) is 7.92. The van der Waals surface area contributed by atoms with Gasteiger partial charge in [0, 0.05) is 5.69 Å². The number of carbonyl (C=O) groups excluding carboxylic acids is 3. The summed E-state index contributed by atoms with van der Waals surface area (Å²) in [6, 6.07) is 5.96. The van der Waals surface area contributed by atoms with E-state index in [0.717, 1.165) is 4.90 Å². The normalized spacial score (nSPS) is 14.7. The second-order valence-corrected chi connectivity index (χ2v) is 5.85. The van der Waals surface area contributed by atoms with Gasteiger partial charge in [-0.15, -0.1) is 0 Å². The maximum absolute atomic E-state index is 12.4. The summed E-state index contributed by atoms with van der Waals surface area (Å²) in [6.45, 7) is 6.40. The van der Waals surface area contributed by atoms with Gasteiger partial charge < -0.3 is 9.47 Å². The molecule has 0 saturated carbocycles. The number of nitrogens with zero attached hydrogens (tertiary/aromatic N) is 2. The Balaban J connectivity index is 2.03. The molecule has 0 aliphatic carbocycles. The molecule has 3 amide bonds. The number of hydrogen-bond donors (Lipinski definition) is 0. The molecule has 1 aromatic rings. The first-order chi connectivity index (χ1) is 11.4. The number of benzene rings is 1. The molecule has 0 radical (unpaired) electrons. The molecule has 0 N–H and O–H groups in total. The quantitative estimate of drug-likeness (QED) is 0.565. The largest absolute Gasteiger partial charge is 0.462 e. The Morgan fingerprint density at radius 3 is 2.46 bits per heavy atom. The first-order valence-corrected chi connectivity index (χ1v) is 7.90. The van der Waals surface area contributed by atoms with Gasteiger partial charge in [-0.3, -0.25) is 9.69 Å². The van der Waals surface area contributed by atoms with Gasteiger partial charge in [-0.2, -0.15) is 0 Å². The minimum Gasteiger partial charge on any atom is -0.462 e. The van der Waals surface area contributed by atoms with E-state index in [1.807, 2.05) is 13.8 Å². The Labute approximate surface area is 141 Å². The third kappa shape index (κ3) is 4.11. The van der Waals surface area contributed by atoms with Gasteiger partial charge in [0.1, 0.15) is 13.3 Å². The number of esters is 1. The van der Waals surface area contributed by atoms with E-state index in [4.69, 9.17) is 9.47 Å². The number of amides is 3. The lowest BCUT2D eigenvalue weighted by molar-refractivity contribution is -0.129. The van der Waals surface area contributed by atoms with Crippen molar-refractivity contribution in [3.05, 3.63) is 29.8 Å². The molecule has 2 rings (SSSR count). The van der Waals surface area contributed by atoms with Crippen LogP contribution < -0.4 is 4.90 Å². The van der Waals surface area contributed by atoms with E-state index >= 15 is 0 Å². The lowest BCUT2D eigenvalue weighted by atomic mass is 10.2. The predicted molar refractivity (Wildman–Crippen MR) is 87.6 cm³/mol. The third-order valence-electron chi connectivity index (χ3n) is 3.42. The Morgan fingerprint density at radius 2 is 1.88 bits per heavy atom. The Kier molecular flexibility index (Phi) is 5.92. The van der Waals surface area contributed by atoms with Crippen molar-refractivity contribution < 1.29 is 23.9 Å². The van der Waals surface area contributed by atoms with Gasteiger partial charge in [-0.1, -0.05) is 13.8 Å². The zero-order valence-electron chi connectivity index (χ0n) is 14.2. The number of anilines is 1. The molecule has 1 saturated heterocycles. The first-order valence-electron chi connectivity index (χ1n) is 7.90. The highest BCUT2D eigenvalue weighted by molar-refractivity contribution is 6.12. The molecule has 0 aromatic heterocycles. The highest BCUT2D eigenvalue weighted by Crippen LogP contribution is 2.22. The standard InChI is InChI=1S/C17H22N2O5/c1-4-24-16(21)13-5-7-14(8-6-13)18-9-15(20)19(17(18)22)11-23-10-12(2)3/h5-8,12H,4,9-11H2,1-3H3. The molecule has 7 nitrogen and oxygen atoms in total. The van der Waals surface area contributed by atoms with Crippen LogP contribution >= 0.6 is 0 Å².